The van der Waals surface area contributed by atoms with Crippen LogP contribution in [0.5, 0.6) is 0 Å². The Balaban J connectivity index is 1.75. The van der Waals surface area contributed by atoms with Crippen LogP contribution in [0.15, 0.2) is 36.0 Å². The van der Waals surface area contributed by atoms with Gasteiger partial charge in [0, 0.05) is 18.4 Å². The molecular formula is C24H34O4. The van der Waals surface area contributed by atoms with Crippen LogP contribution in [-0.4, -0.2) is 24.1 Å². The molecule has 4 heteroatoms. The molecule has 4 nitrogen and oxygen atoms in total. The molecule has 0 N–H and O–H groups in total. The van der Waals surface area contributed by atoms with E-state index in [9.17, 15) is 9.59 Å². The highest BCUT2D eigenvalue weighted by Crippen LogP contribution is 2.45. The molecule has 0 saturated carbocycles. The van der Waals surface area contributed by atoms with Gasteiger partial charge in [-0.15, -0.1) is 0 Å². The van der Waals surface area contributed by atoms with Crippen molar-refractivity contribution in [3.05, 3.63) is 36.0 Å². The van der Waals surface area contributed by atoms with Crippen molar-refractivity contribution in [3.8, 4) is 0 Å². The summed E-state index contributed by atoms with van der Waals surface area (Å²) in [5.74, 6) is 1.07. The van der Waals surface area contributed by atoms with Gasteiger partial charge in [0.2, 0.25) is 0 Å². The maximum atomic E-state index is 12.5. The van der Waals surface area contributed by atoms with Crippen molar-refractivity contribution < 1.29 is 19.1 Å². The summed E-state index contributed by atoms with van der Waals surface area (Å²) in [7, 11) is 0. The molecule has 2 aliphatic carbocycles. The van der Waals surface area contributed by atoms with Gasteiger partial charge >= 0.3 is 11.9 Å². The van der Waals surface area contributed by atoms with Gasteiger partial charge in [-0.2, -0.15) is 0 Å². The van der Waals surface area contributed by atoms with E-state index in [4.69, 9.17) is 9.47 Å². The van der Waals surface area contributed by atoms with E-state index < -0.39 is 0 Å². The summed E-state index contributed by atoms with van der Waals surface area (Å²) in [5.41, 5.74) is 1.31. The summed E-state index contributed by atoms with van der Waals surface area (Å²) in [6.45, 7) is 8.41. The fourth-order valence-corrected chi connectivity index (χ4v) is 4.78. The van der Waals surface area contributed by atoms with Crippen LogP contribution in [0.4, 0.5) is 0 Å². The van der Waals surface area contributed by atoms with Crippen molar-refractivity contribution in [2.45, 2.75) is 72.0 Å². The quantitative estimate of drug-likeness (QED) is 0.603. The van der Waals surface area contributed by atoms with Gasteiger partial charge in [0.1, 0.15) is 12.2 Å². The van der Waals surface area contributed by atoms with E-state index in [1.54, 1.807) is 0 Å². The SMILES string of the molecule is CC[C@H](C)C(=O)O[C@H]1C[C@@H](C)C=C2C=C[C@H](C)[C@H](CC[C@@H]3CC=CC(=O)O3)[C@H]21. The molecule has 0 aromatic heterocycles. The lowest BCUT2D eigenvalue weighted by Crippen LogP contribution is -2.41. The van der Waals surface area contributed by atoms with E-state index in [1.807, 2.05) is 19.9 Å². The van der Waals surface area contributed by atoms with Crippen LogP contribution in [0.3, 0.4) is 0 Å². The lowest BCUT2D eigenvalue weighted by Gasteiger charge is -2.43. The Labute approximate surface area is 169 Å². The van der Waals surface area contributed by atoms with Crippen molar-refractivity contribution in [3.63, 3.8) is 0 Å². The third-order valence-electron chi connectivity index (χ3n) is 6.64. The van der Waals surface area contributed by atoms with Crippen LogP contribution >= 0.6 is 0 Å². The molecule has 0 amide bonds. The number of rotatable bonds is 6. The molecule has 28 heavy (non-hydrogen) atoms. The lowest BCUT2D eigenvalue weighted by atomic mass is 9.65. The molecule has 1 aliphatic heterocycles. The van der Waals surface area contributed by atoms with Crippen molar-refractivity contribution in [1.82, 2.24) is 0 Å². The Morgan fingerprint density at radius 3 is 2.79 bits per heavy atom. The zero-order chi connectivity index (χ0) is 20.3. The number of fused-ring (bicyclic) bond motifs is 1. The van der Waals surface area contributed by atoms with E-state index in [1.165, 1.54) is 11.6 Å². The summed E-state index contributed by atoms with van der Waals surface area (Å²) < 4.78 is 11.5. The number of carbonyl (C=O) groups is 2. The van der Waals surface area contributed by atoms with Crippen molar-refractivity contribution >= 4 is 11.9 Å². The highest BCUT2D eigenvalue weighted by Gasteiger charge is 2.41. The topological polar surface area (TPSA) is 52.6 Å². The number of cyclic esters (lactones) is 1. The van der Waals surface area contributed by atoms with E-state index in [0.29, 0.717) is 17.8 Å². The maximum absolute atomic E-state index is 12.5. The number of esters is 2. The third-order valence-corrected chi connectivity index (χ3v) is 6.64. The standard InChI is InChI=1S/C24H34O4/c1-5-16(3)24(26)28-21-14-15(2)13-18-10-9-17(4)20(23(18)21)12-11-19-7-6-8-22(25)27-19/h6,8-10,13,15-17,19-21,23H,5,7,11-12,14H2,1-4H3/t15-,16-,17-,19-,20-,21-,23-/m0/s1. The van der Waals surface area contributed by atoms with Gasteiger partial charge < -0.3 is 9.47 Å². The summed E-state index contributed by atoms with van der Waals surface area (Å²) in [6.07, 6.45) is 14.5. The van der Waals surface area contributed by atoms with Gasteiger partial charge in [-0.1, -0.05) is 52.0 Å². The number of hydrogen-bond donors (Lipinski definition) is 0. The van der Waals surface area contributed by atoms with Crippen molar-refractivity contribution in [2.75, 3.05) is 0 Å². The average Bonchev–Trinajstić information content (AvgIpc) is 2.66. The van der Waals surface area contributed by atoms with Crippen molar-refractivity contribution in [1.29, 1.82) is 0 Å². The predicted molar refractivity (Wildman–Crippen MR) is 109 cm³/mol. The number of allylic oxidation sites excluding steroid dienone is 3. The van der Waals surface area contributed by atoms with Gasteiger partial charge in [-0.05, 0) is 49.0 Å². The molecule has 0 aromatic rings. The van der Waals surface area contributed by atoms with E-state index in [2.05, 4.69) is 32.1 Å². The van der Waals surface area contributed by atoms with Crippen LogP contribution in [0, 0.1) is 29.6 Å². The average molecular weight is 387 g/mol. The number of ether oxygens (including phenoxy) is 2. The maximum Gasteiger partial charge on any atom is 0.330 e. The van der Waals surface area contributed by atoms with E-state index in [-0.39, 0.29) is 36.0 Å². The van der Waals surface area contributed by atoms with Crippen LogP contribution in [0.1, 0.15) is 59.8 Å². The smallest absolute Gasteiger partial charge is 0.330 e. The van der Waals surface area contributed by atoms with Gasteiger partial charge in [0.15, 0.2) is 0 Å². The predicted octanol–water partition coefficient (Wildman–Crippen LogP) is 5.00. The number of hydrogen-bond acceptors (Lipinski definition) is 4. The van der Waals surface area contributed by atoms with Crippen LogP contribution in [0.25, 0.3) is 0 Å². The number of carbonyl (C=O) groups excluding carboxylic acids is 2. The zero-order valence-corrected chi connectivity index (χ0v) is 17.6. The molecule has 0 bridgehead atoms. The highest BCUT2D eigenvalue weighted by atomic mass is 16.5. The largest absolute Gasteiger partial charge is 0.461 e. The minimum Gasteiger partial charge on any atom is -0.461 e. The second-order valence-electron chi connectivity index (χ2n) is 8.85. The van der Waals surface area contributed by atoms with Gasteiger partial charge in [-0.3, -0.25) is 4.79 Å². The molecular weight excluding hydrogens is 352 g/mol. The normalized spacial score (nSPS) is 35.6. The Kier molecular flexibility index (Phi) is 6.79. The van der Waals surface area contributed by atoms with E-state index >= 15 is 0 Å². The zero-order valence-electron chi connectivity index (χ0n) is 17.6. The Hall–Kier alpha value is -1.84. The molecule has 3 rings (SSSR count). The van der Waals surface area contributed by atoms with Crippen LogP contribution in [-0.2, 0) is 19.1 Å². The molecule has 7 atom stereocenters. The first-order valence-corrected chi connectivity index (χ1v) is 10.9. The first-order valence-electron chi connectivity index (χ1n) is 10.9. The molecule has 1 heterocycles. The monoisotopic (exact) mass is 386 g/mol. The molecule has 3 aliphatic rings. The van der Waals surface area contributed by atoms with Gasteiger partial charge in [0.25, 0.3) is 0 Å². The third kappa shape index (κ3) is 4.76. The first kappa shape index (κ1) is 20.9. The van der Waals surface area contributed by atoms with Crippen LogP contribution < -0.4 is 0 Å². The Bertz CT molecular complexity index is 674. The molecule has 0 saturated heterocycles. The highest BCUT2D eigenvalue weighted by molar-refractivity contribution is 5.82. The van der Waals surface area contributed by atoms with Gasteiger partial charge in [-0.25, -0.2) is 4.79 Å². The molecule has 154 valence electrons. The van der Waals surface area contributed by atoms with Gasteiger partial charge in [0.05, 0.1) is 5.92 Å². The van der Waals surface area contributed by atoms with Crippen LogP contribution in [0.2, 0.25) is 0 Å². The summed E-state index contributed by atoms with van der Waals surface area (Å²) in [6, 6.07) is 0. The molecule has 0 aromatic carbocycles. The Morgan fingerprint density at radius 2 is 2.07 bits per heavy atom. The fourth-order valence-electron chi connectivity index (χ4n) is 4.78. The fraction of sp³-hybridized carbons (Fsp3) is 0.667. The van der Waals surface area contributed by atoms with Crippen molar-refractivity contribution in [2.24, 2.45) is 29.6 Å². The lowest BCUT2D eigenvalue weighted by molar-refractivity contribution is -0.158. The molecule has 0 spiro atoms. The van der Waals surface area contributed by atoms with E-state index in [0.717, 1.165) is 32.1 Å². The summed E-state index contributed by atoms with van der Waals surface area (Å²) in [5, 5.41) is 0. The summed E-state index contributed by atoms with van der Waals surface area (Å²) in [4.78, 5) is 24.1. The molecule has 0 radical (unpaired) electrons. The molecule has 0 unspecified atom stereocenters. The summed E-state index contributed by atoms with van der Waals surface area (Å²) >= 11 is 0. The first-order chi connectivity index (χ1) is 13.4. The Morgan fingerprint density at radius 1 is 1.29 bits per heavy atom. The second-order valence-corrected chi connectivity index (χ2v) is 8.85. The second kappa shape index (κ2) is 9.11. The minimum atomic E-state index is -0.236. The molecule has 0 fully saturated rings. The minimum absolute atomic E-state index is 0.0355.